The molecule has 14 heteroatoms. The molecule has 0 aromatic heterocycles. The van der Waals surface area contributed by atoms with E-state index in [0.717, 1.165) is 6.07 Å². The third-order valence-electron chi connectivity index (χ3n) is 3.74. The van der Waals surface area contributed by atoms with Gasteiger partial charge in [-0.05, 0) is 36.0 Å². The van der Waals surface area contributed by atoms with Gasteiger partial charge >= 0.3 is 5.69 Å². The summed E-state index contributed by atoms with van der Waals surface area (Å²) in [5.74, 6) is -0.398. The molecule has 0 atom stereocenters. The molecular formula is C18H14N8O5S. The van der Waals surface area contributed by atoms with Gasteiger partial charge in [0.2, 0.25) is 5.91 Å². The Balaban J connectivity index is 2.51. The number of anilines is 2. The van der Waals surface area contributed by atoms with Crippen molar-refractivity contribution in [2.45, 2.75) is 18.2 Å². The highest BCUT2D eigenvalue weighted by Crippen LogP contribution is 2.40. The molecule has 162 valence electrons. The van der Waals surface area contributed by atoms with Gasteiger partial charge in [0, 0.05) is 19.2 Å². The fourth-order valence-electron chi connectivity index (χ4n) is 2.44. The van der Waals surface area contributed by atoms with Gasteiger partial charge in [0.05, 0.1) is 34.1 Å². The number of rotatable bonds is 9. The van der Waals surface area contributed by atoms with E-state index < -0.39 is 27.1 Å². The number of thioether (sulfide) groups is 1. The summed E-state index contributed by atoms with van der Waals surface area (Å²) in [5, 5.41) is 55.1. The molecule has 0 spiro atoms. The van der Waals surface area contributed by atoms with E-state index in [2.05, 4.69) is 20.9 Å². The number of carbonyl (C=O) groups excluding carboxylic acids is 1. The Morgan fingerprint density at radius 1 is 1.09 bits per heavy atom. The standard InChI is InChI=1S/C18H14N8O5S/c1-11(27)22-14-7-12(21-6-2-5-19)3-4-13(14)23-24-15-8-18(32-10-20)17(26(30)31)9-16(15)25(28)29/h3-4,7-9,21H,2,6H2,1H3,(H,22,27)/b24-23+. The summed E-state index contributed by atoms with van der Waals surface area (Å²) in [5.41, 5.74) is -0.569. The second kappa shape index (κ2) is 11.0. The van der Waals surface area contributed by atoms with Crippen molar-refractivity contribution in [1.82, 2.24) is 0 Å². The summed E-state index contributed by atoms with van der Waals surface area (Å²) in [7, 11) is 0. The van der Waals surface area contributed by atoms with Gasteiger partial charge in [-0.1, -0.05) is 0 Å². The molecule has 2 rings (SSSR count). The minimum Gasteiger partial charge on any atom is -0.384 e. The molecule has 2 N–H and O–H groups in total. The molecule has 1 amide bonds. The molecule has 2 aromatic rings. The fraction of sp³-hybridized carbons (Fsp3) is 0.167. The van der Waals surface area contributed by atoms with Crippen LogP contribution in [-0.4, -0.2) is 22.3 Å². The quantitative estimate of drug-likeness (QED) is 0.134. The Labute approximate surface area is 185 Å². The van der Waals surface area contributed by atoms with E-state index >= 15 is 0 Å². The number of thiocyanates is 1. The first kappa shape index (κ1) is 23.7. The highest BCUT2D eigenvalue weighted by molar-refractivity contribution is 8.03. The Morgan fingerprint density at radius 3 is 2.38 bits per heavy atom. The van der Waals surface area contributed by atoms with Gasteiger partial charge in [0.1, 0.15) is 16.0 Å². The van der Waals surface area contributed by atoms with Crippen LogP contribution in [0.15, 0.2) is 45.5 Å². The van der Waals surface area contributed by atoms with Crippen LogP contribution in [0.1, 0.15) is 13.3 Å². The average molecular weight is 454 g/mol. The summed E-state index contributed by atoms with van der Waals surface area (Å²) in [6, 6.07) is 8.38. The number of hydrogen-bond acceptors (Lipinski definition) is 11. The fourth-order valence-corrected chi connectivity index (χ4v) is 2.95. The molecule has 0 heterocycles. The van der Waals surface area contributed by atoms with Crippen LogP contribution in [0.3, 0.4) is 0 Å². The molecular weight excluding hydrogens is 440 g/mol. The third kappa shape index (κ3) is 6.22. The molecule has 13 nitrogen and oxygen atoms in total. The highest BCUT2D eigenvalue weighted by Gasteiger charge is 2.25. The first-order valence-corrected chi connectivity index (χ1v) is 9.55. The smallest absolute Gasteiger partial charge is 0.303 e. The molecule has 2 aromatic carbocycles. The van der Waals surface area contributed by atoms with Crippen molar-refractivity contribution in [3.63, 3.8) is 0 Å². The minimum absolute atomic E-state index is 0.129. The first-order chi connectivity index (χ1) is 15.3. The monoisotopic (exact) mass is 454 g/mol. The first-order valence-electron chi connectivity index (χ1n) is 8.73. The van der Waals surface area contributed by atoms with Crippen molar-refractivity contribution in [3.05, 3.63) is 50.6 Å². The molecule has 0 aliphatic rings. The van der Waals surface area contributed by atoms with Crippen molar-refractivity contribution in [2.75, 3.05) is 17.2 Å². The van der Waals surface area contributed by atoms with Crippen LogP contribution in [0.25, 0.3) is 0 Å². The lowest BCUT2D eigenvalue weighted by molar-refractivity contribution is -0.395. The zero-order valence-corrected chi connectivity index (χ0v) is 17.3. The predicted molar refractivity (Wildman–Crippen MR) is 115 cm³/mol. The van der Waals surface area contributed by atoms with Gasteiger partial charge < -0.3 is 10.6 Å². The second-order valence-electron chi connectivity index (χ2n) is 5.96. The van der Waals surface area contributed by atoms with Gasteiger partial charge in [-0.3, -0.25) is 25.0 Å². The van der Waals surface area contributed by atoms with Crippen LogP contribution in [0, 0.1) is 42.2 Å². The number of hydrogen-bond donors (Lipinski definition) is 2. The van der Waals surface area contributed by atoms with E-state index in [1.807, 2.05) is 6.07 Å². The number of amides is 1. The lowest BCUT2D eigenvalue weighted by Gasteiger charge is -2.10. The number of nitrogens with zero attached hydrogens (tertiary/aromatic N) is 6. The maximum Gasteiger partial charge on any atom is 0.303 e. The van der Waals surface area contributed by atoms with E-state index in [0.29, 0.717) is 30.1 Å². The minimum atomic E-state index is -0.848. The van der Waals surface area contributed by atoms with Crippen molar-refractivity contribution in [3.8, 4) is 11.5 Å². The summed E-state index contributed by atoms with van der Waals surface area (Å²) in [6.45, 7) is 1.66. The third-order valence-corrected chi connectivity index (χ3v) is 4.38. The van der Waals surface area contributed by atoms with Crippen molar-refractivity contribution in [2.24, 2.45) is 10.2 Å². The van der Waals surface area contributed by atoms with Crippen LogP contribution < -0.4 is 10.6 Å². The lowest BCUT2D eigenvalue weighted by Crippen LogP contribution is -2.07. The lowest BCUT2D eigenvalue weighted by atomic mass is 10.2. The molecule has 0 fully saturated rings. The van der Waals surface area contributed by atoms with E-state index in [-0.39, 0.29) is 28.4 Å². The number of nitro groups is 2. The largest absolute Gasteiger partial charge is 0.384 e. The Kier molecular flexibility index (Phi) is 8.15. The van der Waals surface area contributed by atoms with Crippen LogP contribution in [-0.2, 0) is 4.79 Å². The van der Waals surface area contributed by atoms with Gasteiger partial charge in [0.25, 0.3) is 5.69 Å². The van der Waals surface area contributed by atoms with E-state index in [1.165, 1.54) is 13.0 Å². The summed E-state index contributed by atoms with van der Waals surface area (Å²) in [4.78, 5) is 32.3. The number of nitro benzene ring substituents is 2. The van der Waals surface area contributed by atoms with Crippen molar-refractivity contribution >= 4 is 51.8 Å². The summed E-state index contributed by atoms with van der Waals surface area (Å²) >= 11 is 0.461. The van der Waals surface area contributed by atoms with E-state index in [1.54, 1.807) is 17.5 Å². The molecule has 0 saturated carbocycles. The highest BCUT2D eigenvalue weighted by atomic mass is 32.2. The molecule has 32 heavy (non-hydrogen) atoms. The maximum absolute atomic E-state index is 11.5. The molecule has 0 aliphatic heterocycles. The van der Waals surface area contributed by atoms with Gasteiger partial charge in [0.15, 0.2) is 5.69 Å². The number of azo groups is 1. The molecule has 0 bridgehead atoms. The zero-order valence-electron chi connectivity index (χ0n) is 16.4. The predicted octanol–water partition coefficient (Wildman–Crippen LogP) is 4.78. The number of nitriles is 2. The van der Waals surface area contributed by atoms with Gasteiger partial charge in [-0.15, -0.1) is 10.2 Å². The summed E-state index contributed by atoms with van der Waals surface area (Å²) in [6.07, 6.45) is 0.268. The Hall–Kier alpha value is -4.56. The molecule has 0 aliphatic carbocycles. The summed E-state index contributed by atoms with van der Waals surface area (Å²) < 4.78 is 0. The van der Waals surface area contributed by atoms with E-state index in [4.69, 9.17) is 10.5 Å². The van der Waals surface area contributed by atoms with Crippen molar-refractivity contribution < 1.29 is 14.6 Å². The van der Waals surface area contributed by atoms with Crippen LogP contribution in [0.4, 0.5) is 34.1 Å². The Bertz CT molecular complexity index is 1190. The molecule has 0 radical (unpaired) electrons. The van der Waals surface area contributed by atoms with Crippen molar-refractivity contribution in [1.29, 1.82) is 10.5 Å². The normalized spacial score (nSPS) is 10.2. The second-order valence-corrected chi connectivity index (χ2v) is 6.79. The molecule has 0 unspecified atom stereocenters. The van der Waals surface area contributed by atoms with Crippen LogP contribution in [0.5, 0.6) is 0 Å². The number of benzene rings is 2. The SMILES string of the molecule is CC(=O)Nc1cc(NCCC#N)ccc1/N=N/c1cc(SC#N)c([N+](=O)[O-])cc1[N+](=O)[O-]. The maximum atomic E-state index is 11.5. The topological polar surface area (TPSA) is 200 Å². The van der Waals surface area contributed by atoms with Crippen LogP contribution >= 0.6 is 11.8 Å². The van der Waals surface area contributed by atoms with Gasteiger partial charge in [-0.2, -0.15) is 10.5 Å². The van der Waals surface area contributed by atoms with Gasteiger partial charge in [-0.25, -0.2) is 0 Å². The zero-order chi connectivity index (χ0) is 23.7. The number of nitrogens with one attached hydrogen (secondary N) is 2. The average Bonchev–Trinajstić information content (AvgIpc) is 2.72. The Morgan fingerprint density at radius 2 is 1.78 bits per heavy atom. The molecule has 0 saturated heterocycles. The van der Waals surface area contributed by atoms with E-state index in [9.17, 15) is 25.0 Å². The number of carbonyl (C=O) groups is 1. The van der Waals surface area contributed by atoms with Crippen LogP contribution in [0.2, 0.25) is 0 Å².